The van der Waals surface area contributed by atoms with Gasteiger partial charge in [-0.3, -0.25) is 9.00 Å². The molecule has 21 heavy (non-hydrogen) atoms. The lowest BCUT2D eigenvalue weighted by atomic mass is 10.1. The van der Waals surface area contributed by atoms with Gasteiger partial charge in [0.05, 0.1) is 0 Å². The average molecular weight is 310 g/mol. The Labute approximate surface area is 127 Å². The zero-order chi connectivity index (χ0) is 15.2. The van der Waals surface area contributed by atoms with Gasteiger partial charge < -0.3 is 15.8 Å². The van der Waals surface area contributed by atoms with Gasteiger partial charge in [0, 0.05) is 52.8 Å². The van der Waals surface area contributed by atoms with Gasteiger partial charge in [0.25, 0.3) is 0 Å². The maximum Gasteiger partial charge on any atom is 0.225 e. The minimum atomic E-state index is -0.960. The maximum absolute atomic E-state index is 12.1. The molecule has 1 amide bonds. The number of rotatable bonds is 5. The number of nitrogens with two attached hydrogens (primary N) is 1. The molecule has 1 unspecified atom stereocenters. The van der Waals surface area contributed by atoms with E-state index < -0.39 is 10.8 Å². The molecule has 1 saturated heterocycles. The van der Waals surface area contributed by atoms with Crippen LogP contribution < -0.4 is 11.1 Å². The van der Waals surface area contributed by atoms with Crippen molar-refractivity contribution in [1.29, 1.82) is 0 Å². The van der Waals surface area contributed by atoms with Gasteiger partial charge in [0.15, 0.2) is 0 Å². The summed E-state index contributed by atoms with van der Waals surface area (Å²) in [5.41, 5.74) is 8.03. The third-order valence-electron chi connectivity index (χ3n) is 3.72. The normalized spacial score (nSPS) is 17.4. The lowest BCUT2D eigenvalue weighted by Gasteiger charge is -2.21. The van der Waals surface area contributed by atoms with Gasteiger partial charge in [-0.15, -0.1) is 0 Å². The van der Waals surface area contributed by atoms with E-state index in [4.69, 9.17) is 10.5 Å². The van der Waals surface area contributed by atoms with Crippen LogP contribution in [0.15, 0.2) is 18.2 Å². The molecule has 1 aliphatic rings. The number of nitrogens with one attached hydrogen (secondary N) is 1. The molecule has 6 heteroatoms. The van der Waals surface area contributed by atoms with Crippen molar-refractivity contribution >= 4 is 28.1 Å². The van der Waals surface area contributed by atoms with E-state index in [2.05, 4.69) is 5.32 Å². The molecule has 3 N–H and O–H groups in total. The zero-order valence-corrected chi connectivity index (χ0v) is 13.1. The highest BCUT2D eigenvalue weighted by Gasteiger charge is 2.20. The summed E-state index contributed by atoms with van der Waals surface area (Å²) in [6.07, 6.45) is 1.91. The topological polar surface area (TPSA) is 81.4 Å². The van der Waals surface area contributed by atoms with Gasteiger partial charge >= 0.3 is 0 Å². The Kier molecular flexibility index (Phi) is 5.76. The SMILES string of the molecule is Cc1c(N)cccc1NC(=O)CCS(=O)C1CCOCC1. The van der Waals surface area contributed by atoms with E-state index >= 15 is 0 Å². The van der Waals surface area contributed by atoms with E-state index in [9.17, 15) is 9.00 Å². The summed E-state index contributed by atoms with van der Waals surface area (Å²) in [5.74, 6) is 0.279. The maximum atomic E-state index is 12.1. The van der Waals surface area contributed by atoms with E-state index in [1.165, 1.54) is 0 Å². The van der Waals surface area contributed by atoms with Crippen molar-refractivity contribution in [2.45, 2.75) is 31.4 Å². The Morgan fingerprint density at radius 1 is 1.43 bits per heavy atom. The number of anilines is 2. The van der Waals surface area contributed by atoms with Crippen LogP contribution in [0.4, 0.5) is 11.4 Å². The molecule has 2 rings (SSSR count). The largest absolute Gasteiger partial charge is 0.398 e. The number of amides is 1. The second-order valence-electron chi connectivity index (χ2n) is 5.21. The van der Waals surface area contributed by atoms with Crippen LogP contribution in [-0.4, -0.2) is 34.3 Å². The molecular weight excluding hydrogens is 288 g/mol. The molecule has 1 aromatic rings. The van der Waals surface area contributed by atoms with Gasteiger partial charge in [-0.05, 0) is 37.5 Å². The summed E-state index contributed by atoms with van der Waals surface area (Å²) in [4.78, 5) is 12.0. The summed E-state index contributed by atoms with van der Waals surface area (Å²) in [5, 5.41) is 3.00. The third-order valence-corrected chi connectivity index (χ3v) is 5.54. The van der Waals surface area contributed by atoms with Crippen molar-refractivity contribution in [1.82, 2.24) is 0 Å². The Bertz CT molecular complexity index is 528. The first-order valence-electron chi connectivity index (χ1n) is 7.18. The van der Waals surface area contributed by atoms with Crippen LogP contribution in [0, 0.1) is 6.92 Å². The van der Waals surface area contributed by atoms with E-state index in [0.29, 0.717) is 24.7 Å². The van der Waals surface area contributed by atoms with Crippen LogP contribution >= 0.6 is 0 Å². The number of carbonyl (C=O) groups is 1. The van der Waals surface area contributed by atoms with Crippen LogP contribution in [0.25, 0.3) is 0 Å². The summed E-state index contributed by atoms with van der Waals surface area (Å²) < 4.78 is 17.4. The number of nitrogen functional groups attached to an aromatic ring is 1. The zero-order valence-electron chi connectivity index (χ0n) is 12.3. The van der Waals surface area contributed by atoms with Crippen LogP contribution in [0.3, 0.4) is 0 Å². The van der Waals surface area contributed by atoms with Crippen molar-refractivity contribution < 1.29 is 13.7 Å². The molecule has 1 atom stereocenters. The predicted molar refractivity (Wildman–Crippen MR) is 85.7 cm³/mol. The summed E-state index contributed by atoms with van der Waals surface area (Å²) >= 11 is 0. The standard InChI is InChI=1S/C15H22N2O3S/c1-11-13(16)3-2-4-14(11)17-15(18)7-10-21(19)12-5-8-20-9-6-12/h2-4,12H,5-10,16H2,1H3,(H,17,18). The fourth-order valence-corrected chi connectivity index (χ4v) is 3.74. The summed E-state index contributed by atoms with van der Waals surface area (Å²) in [6, 6.07) is 5.42. The smallest absolute Gasteiger partial charge is 0.225 e. The number of carbonyl (C=O) groups excluding carboxylic acids is 1. The average Bonchev–Trinajstić information content (AvgIpc) is 2.50. The fraction of sp³-hybridized carbons (Fsp3) is 0.533. The Balaban J connectivity index is 1.81. The van der Waals surface area contributed by atoms with Crippen molar-refractivity contribution in [3.8, 4) is 0 Å². The van der Waals surface area contributed by atoms with Gasteiger partial charge in [-0.25, -0.2) is 0 Å². The Morgan fingerprint density at radius 3 is 2.86 bits per heavy atom. The number of benzene rings is 1. The highest BCUT2D eigenvalue weighted by Crippen LogP contribution is 2.20. The molecule has 1 aromatic carbocycles. The first-order chi connectivity index (χ1) is 10.1. The van der Waals surface area contributed by atoms with E-state index in [1.54, 1.807) is 12.1 Å². The first kappa shape index (κ1) is 16.0. The van der Waals surface area contributed by atoms with Crippen LogP contribution in [-0.2, 0) is 20.3 Å². The molecule has 116 valence electrons. The molecule has 5 nitrogen and oxygen atoms in total. The van der Waals surface area contributed by atoms with Gasteiger partial charge in [0.2, 0.25) is 5.91 Å². The highest BCUT2D eigenvalue weighted by molar-refractivity contribution is 7.85. The van der Waals surface area contributed by atoms with Crippen LogP contribution in [0.5, 0.6) is 0 Å². The Morgan fingerprint density at radius 2 is 2.14 bits per heavy atom. The van der Waals surface area contributed by atoms with Crippen molar-refractivity contribution in [2.75, 3.05) is 30.0 Å². The van der Waals surface area contributed by atoms with E-state index in [-0.39, 0.29) is 17.6 Å². The van der Waals surface area contributed by atoms with Gasteiger partial charge in [0.1, 0.15) is 0 Å². The number of hydrogen-bond acceptors (Lipinski definition) is 4. The second-order valence-corrected chi connectivity index (χ2v) is 7.05. The lowest BCUT2D eigenvalue weighted by molar-refractivity contribution is -0.115. The first-order valence-corrected chi connectivity index (χ1v) is 8.56. The molecule has 0 radical (unpaired) electrons. The molecule has 0 aliphatic carbocycles. The minimum Gasteiger partial charge on any atom is -0.398 e. The molecule has 0 saturated carbocycles. The lowest BCUT2D eigenvalue weighted by Crippen LogP contribution is -2.27. The fourth-order valence-electron chi connectivity index (χ4n) is 2.30. The molecule has 1 heterocycles. The third kappa shape index (κ3) is 4.54. The van der Waals surface area contributed by atoms with Crippen molar-refractivity contribution in [3.63, 3.8) is 0 Å². The van der Waals surface area contributed by atoms with Gasteiger partial charge in [-0.2, -0.15) is 0 Å². The summed E-state index contributed by atoms with van der Waals surface area (Å²) in [6.45, 7) is 3.21. The number of hydrogen-bond donors (Lipinski definition) is 2. The molecule has 1 fully saturated rings. The second kappa shape index (κ2) is 7.56. The summed E-state index contributed by atoms with van der Waals surface area (Å²) in [7, 11) is -0.960. The predicted octanol–water partition coefficient (Wildman–Crippen LogP) is 1.83. The van der Waals surface area contributed by atoms with Gasteiger partial charge in [-0.1, -0.05) is 6.07 Å². The highest BCUT2D eigenvalue weighted by atomic mass is 32.2. The minimum absolute atomic E-state index is 0.121. The van der Waals surface area contributed by atoms with Crippen LogP contribution in [0.1, 0.15) is 24.8 Å². The Hall–Kier alpha value is -1.40. The van der Waals surface area contributed by atoms with E-state index in [1.807, 2.05) is 13.0 Å². The van der Waals surface area contributed by atoms with Crippen molar-refractivity contribution in [3.05, 3.63) is 23.8 Å². The molecule has 0 spiro atoms. The molecule has 1 aliphatic heterocycles. The molecule has 0 bridgehead atoms. The van der Waals surface area contributed by atoms with E-state index in [0.717, 1.165) is 24.1 Å². The monoisotopic (exact) mass is 310 g/mol. The van der Waals surface area contributed by atoms with Crippen molar-refractivity contribution in [2.24, 2.45) is 0 Å². The van der Waals surface area contributed by atoms with Crippen LogP contribution in [0.2, 0.25) is 0 Å². The number of ether oxygens (including phenoxy) is 1. The molecule has 0 aromatic heterocycles. The molecular formula is C15H22N2O3S. The quantitative estimate of drug-likeness (QED) is 0.813.